The van der Waals surface area contributed by atoms with Gasteiger partial charge in [0.05, 0.1) is 17.4 Å². The first-order chi connectivity index (χ1) is 13.7. The van der Waals surface area contributed by atoms with Gasteiger partial charge < -0.3 is 15.7 Å². The largest absolute Gasteiger partial charge is 0.508 e. The molecule has 2 aromatic carbocycles. The van der Waals surface area contributed by atoms with Crippen LogP contribution in [0.3, 0.4) is 0 Å². The van der Waals surface area contributed by atoms with Crippen LogP contribution in [0, 0.1) is 0 Å². The highest BCUT2D eigenvalue weighted by Crippen LogP contribution is 2.45. The summed E-state index contributed by atoms with van der Waals surface area (Å²) in [4.78, 5) is 14.6. The van der Waals surface area contributed by atoms with Crippen molar-refractivity contribution >= 4 is 28.5 Å². The molecule has 2 atom stereocenters. The minimum atomic E-state index is -0.296. The van der Waals surface area contributed by atoms with E-state index in [1.54, 1.807) is 23.5 Å². The summed E-state index contributed by atoms with van der Waals surface area (Å²) in [6.07, 6.45) is 1.31. The predicted molar refractivity (Wildman–Crippen MR) is 113 cm³/mol. The molecule has 3 aromatic rings. The van der Waals surface area contributed by atoms with Crippen molar-refractivity contribution in [1.29, 1.82) is 0 Å². The summed E-state index contributed by atoms with van der Waals surface area (Å²) in [7, 11) is 0. The van der Waals surface area contributed by atoms with E-state index in [9.17, 15) is 9.90 Å². The van der Waals surface area contributed by atoms with Gasteiger partial charge in [-0.2, -0.15) is 0 Å². The van der Waals surface area contributed by atoms with Gasteiger partial charge in [0.1, 0.15) is 5.75 Å². The van der Waals surface area contributed by atoms with Crippen LogP contribution in [0.5, 0.6) is 5.75 Å². The van der Waals surface area contributed by atoms with Crippen molar-refractivity contribution in [1.82, 2.24) is 0 Å². The molecule has 1 aliphatic heterocycles. The molecule has 4 nitrogen and oxygen atoms in total. The molecule has 0 spiro atoms. The number of thiophene rings is 1. The molecule has 2 heterocycles. The average Bonchev–Trinajstić information content (AvgIpc) is 3.17. The number of benzene rings is 2. The zero-order valence-corrected chi connectivity index (χ0v) is 16.0. The summed E-state index contributed by atoms with van der Waals surface area (Å²) in [5.41, 5.74) is 4.55. The quantitative estimate of drug-likeness (QED) is 0.548. The maximum absolute atomic E-state index is 13.3. The Hall–Kier alpha value is -3.05. The molecule has 2 aliphatic rings. The third-order valence-electron chi connectivity index (χ3n) is 5.46. The number of fused-ring (bicyclic) bond motifs is 1. The van der Waals surface area contributed by atoms with Gasteiger partial charge in [-0.25, -0.2) is 0 Å². The number of anilines is 2. The molecular formula is C23H20N2O2S. The van der Waals surface area contributed by atoms with Gasteiger partial charge >= 0.3 is 0 Å². The highest BCUT2D eigenvalue weighted by atomic mass is 32.1. The number of phenolic OH excluding ortho intramolecular Hbond substituents is 1. The third-order valence-corrected chi connectivity index (χ3v) is 6.49. The van der Waals surface area contributed by atoms with Crippen molar-refractivity contribution in [2.45, 2.75) is 24.8 Å². The fourth-order valence-electron chi connectivity index (χ4n) is 4.17. The lowest BCUT2D eigenvalue weighted by atomic mass is 9.81. The molecule has 5 rings (SSSR count). The number of ketones is 1. The van der Waals surface area contributed by atoms with E-state index >= 15 is 0 Å². The van der Waals surface area contributed by atoms with Crippen molar-refractivity contribution < 1.29 is 9.90 Å². The van der Waals surface area contributed by atoms with E-state index in [-0.39, 0.29) is 23.5 Å². The number of carbonyl (C=O) groups is 1. The molecule has 0 radical (unpaired) electrons. The van der Waals surface area contributed by atoms with Crippen LogP contribution in [0.2, 0.25) is 0 Å². The van der Waals surface area contributed by atoms with Crippen molar-refractivity contribution in [2.24, 2.45) is 0 Å². The maximum Gasteiger partial charge on any atom is 0.163 e. The van der Waals surface area contributed by atoms with E-state index in [2.05, 4.69) is 22.1 Å². The molecule has 0 fully saturated rings. The van der Waals surface area contributed by atoms with Crippen LogP contribution in [-0.2, 0) is 4.79 Å². The second-order valence-corrected chi connectivity index (χ2v) is 8.26. The summed E-state index contributed by atoms with van der Waals surface area (Å²) < 4.78 is 0. The molecular weight excluding hydrogens is 368 g/mol. The van der Waals surface area contributed by atoms with Crippen LogP contribution in [-0.4, -0.2) is 10.9 Å². The molecule has 0 amide bonds. The molecule has 0 unspecified atom stereocenters. The third kappa shape index (κ3) is 2.98. The first-order valence-corrected chi connectivity index (χ1v) is 10.3. The predicted octanol–water partition coefficient (Wildman–Crippen LogP) is 5.43. The number of allylic oxidation sites excluding steroid dienone is 1. The number of Topliss-reactive ketones (excluding diaryl/α,β-unsaturated/α-hetero) is 1. The fourth-order valence-corrected chi connectivity index (χ4v) is 5.00. The van der Waals surface area contributed by atoms with E-state index in [0.717, 1.165) is 34.6 Å². The molecule has 28 heavy (non-hydrogen) atoms. The van der Waals surface area contributed by atoms with E-state index in [0.29, 0.717) is 6.42 Å². The highest BCUT2D eigenvalue weighted by molar-refractivity contribution is 7.10. The lowest BCUT2D eigenvalue weighted by molar-refractivity contribution is -0.116. The van der Waals surface area contributed by atoms with E-state index in [1.807, 2.05) is 42.5 Å². The van der Waals surface area contributed by atoms with Crippen LogP contribution in [0.4, 0.5) is 11.4 Å². The number of rotatable bonds is 2. The van der Waals surface area contributed by atoms with Gasteiger partial charge in [-0.15, -0.1) is 11.3 Å². The number of nitrogens with one attached hydrogen (secondary N) is 2. The maximum atomic E-state index is 13.3. The van der Waals surface area contributed by atoms with E-state index in [1.165, 1.54) is 4.88 Å². The Bertz CT molecular complexity index is 1070. The number of aromatic hydroxyl groups is 1. The molecule has 5 heteroatoms. The van der Waals surface area contributed by atoms with Gasteiger partial charge in [-0.3, -0.25) is 4.79 Å². The molecule has 3 N–H and O–H groups in total. The van der Waals surface area contributed by atoms with Crippen LogP contribution in [0.25, 0.3) is 0 Å². The van der Waals surface area contributed by atoms with Crippen molar-refractivity contribution in [2.75, 3.05) is 10.6 Å². The molecule has 1 aromatic heterocycles. The first kappa shape index (κ1) is 17.1. The molecule has 0 saturated carbocycles. The summed E-state index contributed by atoms with van der Waals surface area (Å²) in [5, 5.41) is 19.1. The topological polar surface area (TPSA) is 61.4 Å². The van der Waals surface area contributed by atoms with Crippen molar-refractivity contribution in [3.05, 3.63) is 87.8 Å². The van der Waals surface area contributed by atoms with E-state index in [4.69, 9.17) is 0 Å². The Morgan fingerprint density at radius 2 is 1.82 bits per heavy atom. The lowest BCUT2D eigenvalue weighted by Crippen LogP contribution is -2.26. The first-order valence-electron chi connectivity index (χ1n) is 9.40. The highest BCUT2D eigenvalue weighted by Gasteiger charge is 2.36. The van der Waals surface area contributed by atoms with Crippen LogP contribution >= 0.6 is 11.3 Å². The fraction of sp³-hybridized carbons (Fsp3) is 0.174. The number of carbonyl (C=O) groups excluding carboxylic acids is 1. The number of hydrogen-bond donors (Lipinski definition) is 3. The number of para-hydroxylation sites is 2. The molecule has 1 aliphatic carbocycles. The number of hydrogen-bond acceptors (Lipinski definition) is 5. The molecule has 140 valence electrons. The average molecular weight is 388 g/mol. The Morgan fingerprint density at radius 3 is 2.61 bits per heavy atom. The van der Waals surface area contributed by atoms with Gasteiger partial charge in [0.15, 0.2) is 5.78 Å². The standard InChI is InChI=1S/C23H20N2O2S/c26-16-6-3-5-14(11-16)23-22-19(24-17-7-1-2-8-18(17)25-23)12-15(13-20(22)27)21-9-4-10-28-21/h1-11,15,23-26H,12-13H2/t15-,23-/m0/s1. The summed E-state index contributed by atoms with van der Waals surface area (Å²) in [5.74, 6) is 0.557. The van der Waals surface area contributed by atoms with Crippen molar-refractivity contribution in [3.8, 4) is 5.75 Å². The van der Waals surface area contributed by atoms with Crippen molar-refractivity contribution in [3.63, 3.8) is 0 Å². The number of phenols is 1. The summed E-state index contributed by atoms with van der Waals surface area (Å²) in [6.45, 7) is 0. The van der Waals surface area contributed by atoms with Gasteiger partial charge in [0.25, 0.3) is 0 Å². The zero-order valence-electron chi connectivity index (χ0n) is 15.2. The van der Waals surface area contributed by atoms with Gasteiger partial charge in [0, 0.05) is 28.5 Å². The van der Waals surface area contributed by atoms with Crippen LogP contribution in [0.15, 0.2) is 77.3 Å². The minimum absolute atomic E-state index is 0.154. The lowest BCUT2D eigenvalue weighted by Gasteiger charge is -2.29. The smallest absolute Gasteiger partial charge is 0.163 e. The zero-order chi connectivity index (χ0) is 19.1. The Morgan fingerprint density at radius 1 is 0.964 bits per heavy atom. The Labute approximate surface area is 167 Å². The molecule has 0 saturated heterocycles. The van der Waals surface area contributed by atoms with Crippen LogP contribution in [0.1, 0.15) is 35.2 Å². The SMILES string of the molecule is O=C1C[C@@H](c2cccs2)CC2=C1[C@H](c1cccc(O)c1)Nc1ccccc1N2. The summed E-state index contributed by atoms with van der Waals surface area (Å²) in [6, 6.07) is 19.0. The normalized spacial score (nSPS) is 21.2. The monoisotopic (exact) mass is 388 g/mol. The second-order valence-electron chi connectivity index (χ2n) is 7.28. The van der Waals surface area contributed by atoms with E-state index < -0.39 is 0 Å². The Balaban J connectivity index is 1.64. The summed E-state index contributed by atoms with van der Waals surface area (Å²) >= 11 is 1.71. The van der Waals surface area contributed by atoms with Gasteiger partial charge in [-0.05, 0) is 47.7 Å². The van der Waals surface area contributed by atoms with Gasteiger partial charge in [-0.1, -0.05) is 30.3 Å². The second kappa shape index (κ2) is 6.84. The Kier molecular flexibility index (Phi) is 4.17. The molecule has 0 bridgehead atoms. The minimum Gasteiger partial charge on any atom is -0.508 e. The van der Waals surface area contributed by atoms with Gasteiger partial charge in [0.2, 0.25) is 0 Å². The van der Waals surface area contributed by atoms with Crippen LogP contribution < -0.4 is 10.6 Å².